The van der Waals surface area contributed by atoms with E-state index in [1.807, 2.05) is 0 Å². The molecular weight excluding hydrogens is 421 g/mol. The first kappa shape index (κ1) is 25.1. The van der Waals surface area contributed by atoms with Gasteiger partial charge in [0.1, 0.15) is 16.7 Å². The highest BCUT2D eigenvalue weighted by molar-refractivity contribution is 5.75. The highest BCUT2D eigenvalue weighted by Crippen LogP contribution is 2.49. The number of rotatable bonds is 5. The molecule has 0 aromatic heterocycles. The van der Waals surface area contributed by atoms with Gasteiger partial charge in [-0.3, -0.25) is 0 Å². The Morgan fingerprint density at radius 2 is 1.90 bits per heavy atom. The van der Waals surface area contributed by atoms with E-state index in [4.69, 9.17) is 5.73 Å². The maximum Gasteiger partial charge on any atom is 0.416 e. The number of benzene rings is 1. The molecule has 31 heavy (non-hydrogen) atoms. The van der Waals surface area contributed by atoms with Crippen molar-refractivity contribution in [1.82, 2.24) is 10.2 Å². The quantitative estimate of drug-likeness (QED) is 0.325. The van der Waals surface area contributed by atoms with Crippen molar-refractivity contribution in [2.75, 3.05) is 26.0 Å². The molecule has 176 valence electrons. The first-order valence-electron chi connectivity index (χ1n) is 9.48. The number of aliphatic hydroxyl groups excluding tert-OH is 2. The van der Waals surface area contributed by atoms with Crippen LogP contribution in [0.2, 0.25) is 0 Å². The van der Waals surface area contributed by atoms with Crippen molar-refractivity contribution < 1.29 is 38.4 Å². The third-order valence-corrected chi connectivity index (χ3v) is 6.18. The number of amides is 2. The number of anilines is 1. The molecule has 0 bridgehead atoms. The molecule has 1 aromatic rings. The summed E-state index contributed by atoms with van der Waals surface area (Å²) >= 11 is 0. The van der Waals surface area contributed by atoms with Crippen LogP contribution in [0.3, 0.4) is 0 Å². The second kappa shape index (κ2) is 8.10. The van der Waals surface area contributed by atoms with E-state index in [0.29, 0.717) is 0 Å². The third-order valence-electron chi connectivity index (χ3n) is 6.18. The van der Waals surface area contributed by atoms with Crippen molar-refractivity contribution in [3.8, 4) is 0 Å². The summed E-state index contributed by atoms with van der Waals surface area (Å²) in [5, 5.41) is 48.2. The molecule has 1 aromatic carbocycles. The molecular formula is C19H29F3N4O5. The molecule has 2 amide bonds. The van der Waals surface area contributed by atoms with Crippen LogP contribution in [0.15, 0.2) is 24.3 Å². The summed E-state index contributed by atoms with van der Waals surface area (Å²) in [7, 11) is 2.80. The summed E-state index contributed by atoms with van der Waals surface area (Å²) in [4.78, 5) is 13.5. The molecule has 0 saturated heterocycles. The molecule has 8 N–H and O–H groups in total. The minimum absolute atomic E-state index is 0.0988. The fraction of sp³-hybridized carbons (Fsp3) is 0.632. The number of carbonyl (C=O) groups excluding carboxylic acids is 1. The molecule has 0 unspecified atom stereocenters. The molecule has 6 atom stereocenters. The molecule has 1 aliphatic carbocycles. The Hall–Kier alpha value is -2.12. The van der Waals surface area contributed by atoms with Crippen LogP contribution in [0, 0.1) is 0 Å². The molecule has 1 fully saturated rings. The Balaban J connectivity index is 2.59. The monoisotopic (exact) mass is 450 g/mol. The highest BCUT2D eigenvalue weighted by atomic mass is 19.4. The van der Waals surface area contributed by atoms with Crippen LogP contribution in [0.5, 0.6) is 0 Å². The normalized spacial score (nSPS) is 34.3. The lowest BCUT2D eigenvalue weighted by Crippen LogP contribution is -2.76. The molecule has 9 nitrogen and oxygen atoms in total. The van der Waals surface area contributed by atoms with Crippen LogP contribution >= 0.6 is 0 Å². The van der Waals surface area contributed by atoms with Gasteiger partial charge in [0.25, 0.3) is 0 Å². The Morgan fingerprint density at radius 3 is 2.35 bits per heavy atom. The lowest BCUT2D eigenvalue weighted by Gasteiger charge is -2.48. The topological polar surface area (TPSA) is 151 Å². The van der Waals surface area contributed by atoms with E-state index in [2.05, 4.69) is 10.6 Å². The number of urea groups is 1. The van der Waals surface area contributed by atoms with Gasteiger partial charge in [-0.05, 0) is 32.0 Å². The summed E-state index contributed by atoms with van der Waals surface area (Å²) < 4.78 is 39.2. The number of nitrogens with zero attached hydrogens (tertiary/aromatic N) is 1. The first-order chi connectivity index (χ1) is 14.1. The predicted molar refractivity (Wildman–Crippen MR) is 106 cm³/mol. The summed E-state index contributed by atoms with van der Waals surface area (Å²) in [6.07, 6.45) is -6.16. The first-order valence-corrected chi connectivity index (χ1v) is 9.48. The van der Waals surface area contributed by atoms with Crippen molar-refractivity contribution >= 4 is 11.7 Å². The van der Waals surface area contributed by atoms with Crippen molar-refractivity contribution in [2.24, 2.45) is 5.73 Å². The number of aliphatic hydroxyl groups is 4. The average Bonchev–Trinajstić information content (AvgIpc) is 2.78. The number of halogens is 3. The van der Waals surface area contributed by atoms with Crippen LogP contribution in [-0.4, -0.2) is 87.0 Å². The Bertz CT molecular complexity index is 820. The lowest BCUT2D eigenvalue weighted by molar-refractivity contribution is -0.185. The SMILES string of the molecule is C[C@H](O)[C@]1(NC(=O)N(C)C)[C@@H](N)[C@H](Nc2cccc(C(F)(F)F)c2)[C@](O)(CO)[C@]1(C)O. The van der Waals surface area contributed by atoms with Gasteiger partial charge in [-0.15, -0.1) is 0 Å². The summed E-state index contributed by atoms with van der Waals surface area (Å²) in [5.74, 6) is 0. The number of alkyl halides is 3. The van der Waals surface area contributed by atoms with E-state index in [9.17, 15) is 38.4 Å². The summed E-state index contributed by atoms with van der Waals surface area (Å²) in [5.41, 5.74) is -1.72. The van der Waals surface area contributed by atoms with Crippen LogP contribution in [0.25, 0.3) is 0 Å². The Kier molecular flexibility index (Phi) is 6.57. The zero-order valence-electron chi connectivity index (χ0n) is 17.6. The second-order valence-electron chi connectivity index (χ2n) is 8.25. The van der Waals surface area contributed by atoms with Crippen LogP contribution < -0.4 is 16.4 Å². The number of nitrogens with one attached hydrogen (secondary N) is 2. The summed E-state index contributed by atoms with van der Waals surface area (Å²) in [6, 6.07) is 0.390. The van der Waals surface area contributed by atoms with Crippen LogP contribution in [0.4, 0.5) is 23.7 Å². The number of hydrogen-bond donors (Lipinski definition) is 7. The zero-order chi connectivity index (χ0) is 24.0. The fourth-order valence-corrected chi connectivity index (χ4v) is 4.26. The van der Waals surface area contributed by atoms with E-state index in [0.717, 1.165) is 30.0 Å². The van der Waals surface area contributed by atoms with Gasteiger partial charge in [0.2, 0.25) is 0 Å². The minimum Gasteiger partial charge on any atom is -0.393 e. The molecule has 0 spiro atoms. The van der Waals surface area contributed by atoms with Gasteiger partial charge in [0.05, 0.1) is 30.4 Å². The van der Waals surface area contributed by atoms with Gasteiger partial charge >= 0.3 is 12.2 Å². The lowest BCUT2D eigenvalue weighted by atomic mass is 9.73. The van der Waals surface area contributed by atoms with Crippen molar-refractivity contribution in [3.63, 3.8) is 0 Å². The maximum absolute atomic E-state index is 13.1. The largest absolute Gasteiger partial charge is 0.416 e. The molecule has 2 rings (SSSR count). The number of carbonyl (C=O) groups is 1. The van der Waals surface area contributed by atoms with Crippen LogP contribution in [-0.2, 0) is 6.18 Å². The van der Waals surface area contributed by atoms with E-state index in [1.165, 1.54) is 27.1 Å². The molecule has 12 heteroatoms. The van der Waals surface area contributed by atoms with Gasteiger partial charge in [-0.2, -0.15) is 13.2 Å². The van der Waals surface area contributed by atoms with Gasteiger partial charge in [0.15, 0.2) is 0 Å². The van der Waals surface area contributed by atoms with E-state index in [1.54, 1.807) is 0 Å². The van der Waals surface area contributed by atoms with E-state index < -0.39 is 59.3 Å². The fourth-order valence-electron chi connectivity index (χ4n) is 4.26. The van der Waals surface area contributed by atoms with E-state index >= 15 is 0 Å². The third kappa shape index (κ3) is 3.82. The smallest absolute Gasteiger partial charge is 0.393 e. The number of nitrogens with two attached hydrogens (primary N) is 1. The average molecular weight is 450 g/mol. The number of hydrogen-bond acceptors (Lipinski definition) is 7. The molecule has 0 aliphatic heterocycles. The standard InChI is InChI=1S/C19H29F3N4O5/c1-10(28)18(25-15(29)26(3)4)13(23)14(17(31,9-27)16(18,2)30)24-12-7-5-6-11(8-12)19(20,21)22/h5-8,10,13-14,24,27-28,30-31H,9,23H2,1-4H3,(H,25,29)/t10-,13-,14-,16-,17+,18-/m0/s1. The molecule has 0 radical (unpaired) electrons. The van der Waals surface area contributed by atoms with Gasteiger partial charge in [-0.25, -0.2) is 4.79 Å². The summed E-state index contributed by atoms with van der Waals surface area (Å²) in [6.45, 7) is 1.24. The van der Waals surface area contributed by atoms with Crippen molar-refractivity contribution in [1.29, 1.82) is 0 Å². The molecule has 0 heterocycles. The van der Waals surface area contributed by atoms with Gasteiger partial charge < -0.3 is 41.7 Å². The highest BCUT2D eigenvalue weighted by Gasteiger charge is 2.75. The van der Waals surface area contributed by atoms with E-state index in [-0.39, 0.29) is 5.69 Å². The van der Waals surface area contributed by atoms with Crippen molar-refractivity contribution in [3.05, 3.63) is 29.8 Å². The predicted octanol–water partition coefficient (Wildman–Crippen LogP) is -0.308. The van der Waals surface area contributed by atoms with Crippen molar-refractivity contribution in [2.45, 2.75) is 55.0 Å². The Labute approximate surface area is 177 Å². The molecule has 1 aliphatic rings. The van der Waals surface area contributed by atoms with Gasteiger partial charge in [-0.1, -0.05) is 6.07 Å². The Morgan fingerprint density at radius 1 is 1.32 bits per heavy atom. The zero-order valence-corrected chi connectivity index (χ0v) is 17.6. The second-order valence-corrected chi connectivity index (χ2v) is 8.25. The van der Waals surface area contributed by atoms with Gasteiger partial charge in [0, 0.05) is 19.8 Å². The maximum atomic E-state index is 13.1. The minimum atomic E-state index is -4.63. The molecule has 1 saturated carbocycles. The van der Waals surface area contributed by atoms with Crippen LogP contribution in [0.1, 0.15) is 19.4 Å².